The van der Waals surface area contributed by atoms with E-state index < -0.39 is 102 Å². The zero-order valence-electron chi connectivity index (χ0n) is 44.0. The molecular formula is C47H94N18O10. The minimum Gasteiger partial charge on any atom is -0.480 e. The van der Waals surface area contributed by atoms with Crippen LogP contribution >= 0.6 is 0 Å². The van der Waals surface area contributed by atoms with E-state index in [2.05, 4.69) is 42.2 Å². The van der Waals surface area contributed by atoms with Crippen LogP contribution < -0.4 is 94.6 Å². The zero-order chi connectivity index (χ0) is 56.6. The van der Waals surface area contributed by atoms with E-state index in [0.717, 1.165) is 0 Å². The van der Waals surface area contributed by atoms with Gasteiger partial charge < -0.3 is 99.7 Å². The van der Waals surface area contributed by atoms with Crippen LogP contribution in [0.3, 0.4) is 0 Å². The van der Waals surface area contributed by atoms with E-state index in [0.29, 0.717) is 103 Å². The number of aliphatic imine (C=N–C) groups is 1. The average Bonchev–Trinajstić information content (AvgIpc) is 3.36. The Balaban J connectivity index is 6.88. The van der Waals surface area contributed by atoms with E-state index in [4.69, 9.17) is 57.3 Å². The third-order valence-electron chi connectivity index (χ3n) is 12.1. The molecule has 8 atom stereocenters. The molecule has 0 aliphatic carbocycles. The number of nitrogens with one attached hydrogen (secondary N) is 7. The first kappa shape index (κ1) is 69.2. The van der Waals surface area contributed by atoms with Gasteiger partial charge in [0.05, 0.1) is 6.04 Å². The van der Waals surface area contributed by atoms with Gasteiger partial charge in [0.2, 0.25) is 47.3 Å². The van der Waals surface area contributed by atoms with Crippen LogP contribution in [-0.2, 0) is 43.2 Å². The number of carboxylic acids is 1. The first-order valence-electron chi connectivity index (χ1n) is 26.4. The molecule has 0 radical (unpaired) electrons. The summed E-state index contributed by atoms with van der Waals surface area (Å²) in [5.41, 5.74) is 56.7. The quantitative estimate of drug-likeness (QED) is 0.0154. The van der Waals surface area contributed by atoms with E-state index >= 15 is 0 Å². The Labute approximate surface area is 441 Å². The first-order chi connectivity index (χ1) is 35.8. The summed E-state index contributed by atoms with van der Waals surface area (Å²) in [6, 6.07) is -10.0. The number of rotatable bonds is 46. The molecule has 0 heterocycles. The van der Waals surface area contributed by atoms with Crippen LogP contribution in [0.1, 0.15) is 141 Å². The van der Waals surface area contributed by atoms with Crippen molar-refractivity contribution in [3.63, 3.8) is 0 Å². The molecule has 0 aromatic carbocycles. The van der Waals surface area contributed by atoms with Crippen LogP contribution in [0.4, 0.5) is 0 Å². The Kier molecular flexibility index (Phi) is 39.2. The van der Waals surface area contributed by atoms with Crippen molar-refractivity contribution in [3.05, 3.63) is 0 Å². The normalized spacial score (nSPS) is 14.3. The standard InChI is InChI=1S/C47H94N18O10/c48-23-7-1-14-30(54)39(67)59-31(15-2-8-24-49)40(68)63-35(20-13-29-58-47(56)57)43(71)61-32(16-3-9-25-50)41(69)60-33(17-4-10-26-51)42(70)64-36(21-22-38(55)66)45(73)62-34(18-5-11-27-52)44(72)65-37(46(74)75)19-6-12-28-53/h30-37H,1-29,48-54H2,(H2,55,66)(H,59,67)(H,60,69)(H,61,71)(H,62,73)(H,63,68)(H,64,70)(H,65,72)(H,74,75)(H4,56,57,58)/t30-,31-,32-,33-,34-,35-,36-,37-/m0/s1. The summed E-state index contributed by atoms with van der Waals surface area (Å²) >= 11 is 0. The summed E-state index contributed by atoms with van der Waals surface area (Å²) < 4.78 is 0. The number of nitrogens with zero attached hydrogens (tertiary/aromatic N) is 1. The maximum absolute atomic E-state index is 14.3. The largest absolute Gasteiger partial charge is 0.480 e. The lowest BCUT2D eigenvalue weighted by Gasteiger charge is -2.28. The van der Waals surface area contributed by atoms with Crippen molar-refractivity contribution in [2.45, 2.75) is 190 Å². The molecule has 28 N–H and O–H groups in total. The molecule has 0 aliphatic heterocycles. The molecule has 0 bridgehead atoms. The number of carboxylic acid groups (broad SMARTS) is 1. The molecular weight excluding hydrogens is 977 g/mol. The van der Waals surface area contributed by atoms with Gasteiger partial charge in [0.1, 0.15) is 42.3 Å². The molecule has 0 fully saturated rings. The van der Waals surface area contributed by atoms with Crippen molar-refractivity contribution in [2.75, 3.05) is 45.8 Å². The van der Waals surface area contributed by atoms with Crippen LogP contribution in [0, 0.1) is 0 Å². The predicted molar refractivity (Wildman–Crippen MR) is 285 cm³/mol. The molecule has 0 aromatic rings. The smallest absolute Gasteiger partial charge is 0.326 e. The Morgan fingerprint density at radius 3 is 0.880 bits per heavy atom. The molecule has 0 saturated heterocycles. The fraction of sp³-hybridized carbons (Fsp3) is 0.787. The SMILES string of the molecule is NCCCC[C@H](NC(=O)[C@H](CCCCN)NC(=O)[C@H](CCC(N)=O)NC(=O)[C@H](CCCCN)NC(=O)[C@H](CCCCN)NC(=O)[C@H](CCCN=C(N)N)NC(=O)[C@H](CCCCN)NC(=O)[C@@H](N)CCCCN)C(=O)O. The molecule has 0 aromatic heterocycles. The average molecular weight is 1070 g/mol. The summed E-state index contributed by atoms with van der Waals surface area (Å²) in [5.74, 6) is -7.70. The topological polar surface area (TPSA) is 531 Å². The Hall–Kier alpha value is -5.78. The fourth-order valence-electron chi connectivity index (χ4n) is 7.68. The molecule has 0 rings (SSSR count). The lowest BCUT2D eigenvalue weighted by molar-refractivity contribution is -0.142. The highest BCUT2D eigenvalue weighted by Gasteiger charge is 2.34. The molecule has 0 aliphatic rings. The number of aliphatic carboxylic acids is 1. The van der Waals surface area contributed by atoms with Gasteiger partial charge in [-0.05, 0) is 168 Å². The van der Waals surface area contributed by atoms with Crippen molar-refractivity contribution >= 4 is 59.2 Å². The van der Waals surface area contributed by atoms with Gasteiger partial charge in [-0.2, -0.15) is 0 Å². The Bertz CT molecular complexity index is 1740. The minimum absolute atomic E-state index is 0.00463. The second-order valence-electron chi connectivity index (χ2n) is 18.5. The molecule has 0 spiro atoms. The van der Waals surface area contributed by atoms with E-state index in [1.54, 1.807) is 0 Å². The van der Waals surface area contributed by atoms with Crippen molar-refractivity contribution < 1.29 is 48.3 Å². The van der Waals surface area contributed by atoms with Gasteiger partial charge in [-0.1, -0.05) is 6.42 Å². The molecule has 8 amide bonds. The lowest BCUT2D eigenvalue weighted by Crippen LogP contribution is -2.60. The van der Waals surface area contributed by atoms with Crippen molar-refractivity contribution in [2.24, 2.45) is 62.3 Å². The van der Waals surface area contributed by atoms with E-state index in [9.17, 15) is 48.3 Å². The lowest BCUT2D eigenvalue weighted by atomic mass is 10.0. The van der Waals surface area contributed by atoms with Gasteiger partial charge in [-0.3, -0.25) is 43.3 Å². The summed E-state index contributed by atoms with van der Waals surface area (Å²) in [6.07, 6.45) is 5.69. The molecule has 28 nitrogen and oxygen atoms in total. The Morgan fingerprint density at radius 2 is 0.600 bits per heavy atom. The van der Waals surface area contributed by atoms with Crippen LogP contribution in [0.2, 0.25) is 0 Å². The van der Waals surface area contributed by atoms with E-state index in [1.165, 1.54) is 0 Å². The van der Waals surface area contributed by atoms with Gasteiger partial charge in [-0.15, -0.1) is 0 Å². The Morgan fingerprint density at radius 1 is 0.347 bits per heavy atom. The molecule has 0 saturated carbocycles. The molecule has 0 unspecified atom stereocenters. The highest BCUT2D eigenvalue weighted by Crippen LogP contribution is 2.12. The summed E-state index contributed by atoms with van der Waals surface area (Å²) in [5, 5.41) is 28.3. The fourth-order valence-corrected chi connectivity index (χ4v) is 7.68. The highest BCUT2D eigenvalue weighted by molar-refractivity contribution is 5.97. The first-order valence-corrected chi connectivity index (χ1v) is 26.4. The molecule has 75 heavy (non-hydrogen) atoms. The minimum atomic E-state index is -1.48. The number of primary amides is 1. The summed E-state index contributed by atoms with van der Waals surface area (Å²) in [7, 11) is 0. The van der Waals surface area contributed by atoms with E-state index in [1.807, 2.05) is 0 Å². The summed E-state index contributed by atoms with van der Waals surface area (Å²) in [4.78, 5) is 125. The number of carbonyl (C=O) groups is 9. The van der Waals surface area contributed by atoms with Crippen molar-refractivity contribution in [1.29, 1.82) is 0 Å². The van der Waals surface area contributed by atoms with Crippen LogP contribution in [0.15, 0.2) is 4.99 Å². The van der Waals surface area contributed by atoms with Crippen molar-refractivity contribution in [1.82, 2.24) is 37.2 Å². The van der Waals surface area contributed by atoms with Gasteiger partial charge in [0.25, 0.3) is 0 Å². The van der Waals surface area contributed by atoms with Crippen LogP contribution in [0.5, 0.6) is 0 Å². The number of hydrogen-bond acceptors (Lipinski definition) is 17. The molecule has 432 valence electrons. The molecule has 28 heteroatoms. The number of nitrogens with two attached hydrogens (primary N) is 10. The third kappa shape index (κ3) is 32.3. The maximum atomic E-state index is 14.3. The van der Waals surface area contributed by atoms with Crippen molar-refractivity contribution in [3.8, 4) is 0 Å². The zero-order valence-corrected chi connectivity index (χ0v) is 44.0. The van der Waals surface area contributed by atoms with Crippen LogP contribution in [0.25, 0.3) is 0 Å². The van der Waals surface area contributed by atoms with Gasteiger partial charge in [0, 0.05) is 13.0 Å². The number of amides is 8. The van der Waals surface area contributed by atoms with Gasteiger partial charge >= 0.3 is 5.97 Å². The van der Waals surface area contributed by atoms with Gasteiger partial charge in [-0.25, -0.2) is 4.79 Å². The van der Waals surface area contributed by atoms with E-state index in [-0.39, 0.29) is 89.9 Å². The number of guanidine groups is 1. The van der Waals surface area contributed by atoms with Crippen LogP contribution in [-0.4, -0.2) is 158 Å². The number of unbranched alkanes of at least 4 members (excludes halogenated alkanes) is 6. The summed E-state index contributed by atoms with van der Waals surface area (Å²) in [6.45, 7) is 1.91. The predicted octanol–water partition coefficient (Wildman–Crippen LogP) is -5.11. The second-order valence-corrected chi connectivity index (χ2v) is 18.5. The number of hydrogen-bond donors (Lipinski definition) is 18. The second kappa shape index (κ2) is 42.4. The third-order valence-corrected chi connectivity index (χ3v) is 12.1. The maximum Gasteiger partial charge on any atom is 0.326 e. The number of carbonyl (C=O) groups excluding carboxylic acids is 8. The monoisotopic (exact) mass is 1070 g/mol. The highest BCUT2D eigenvalue weighted by atomic mass is 16.4. The van der Waals surface area contributed by atoms with Gasteiger partial charge in [0.15, 0.2) is 5.96 Å².